The number of ether oxygens (including phenoxy) is 2. The summed E-state index contributed by atoms with van der Waals surface area (Å²) >= 11 is 0. The first-order valence-corrected chi connectivity index (χ1v) is 15.2. The highest BCUT2D eigenvalue weighted by Gasteiger charge is 2.39. The van der Waals surface area contributed by atoms with Crippen LogP contribution in [-0.2, 0) is 19.1 Å². The number of halogens is 1. The van der Waals surface area contributed by atoms with Gasteiger partial charge in [0.1, 0.15) is 11.4 Å². The molecule has 1 saturated heterocycles. The van der Waals surface area contributed by atoms with Crippen molar-refractivity contribution in [1.29, 1.82) is 0 Å². The molecule has 242 valence electrons. The van der Waals surface area contributed by atoms with E-state index in [0.717, 1.165) is 31.5 Å². The predicted octanol–water partition coefficient (Wildman–Crippen LogP) is 6.66. The number of esters is 2. The number of para-hydroxylation sites is 1. The predicted molar refractivity (Wildman–Crippen MR) is 173 cm³/mol. The van der Waals surface area contributed by atoms with Gasteiger partial charge in [0.25, 0.3) is 5.69 Å². The number of methoxy groups -OCH3 is 1. The van der Waals surface area contributed by atoms with Crippen molar-refractivity contribution in [2.45, 2.75) is 51.6 Å². The summed E-state index contributed by atoms with van der Waals surface area (Å²) in [5, 5.41) is 13.1. The highest BCUT2D eigenvalue weighted by molar-refractivity contribution is 5.96. The topological polar surface area (TPSA) is 111 Å². The fourth-order valence-corrected chi connectivity index (χ4v) is 5.80. The van der Waals surface area contributed by atoms with Gasteiger partial charge in [-0.15, -0.1) is 0 Å². The third-order valence-electron chi connectivity index (χ3n) is 8.34. The summed E-state index contributed by atoms with van der Waals surface area (Å²) in [7, 11) is 1.33. The molecule has 2 heterocycles. The van der Waals surface area contributed by atoms with E-state index < -0.39 is 22.5 Å². The molecule has 0 saturated carbocycles. The van der Waals surface area contributed by atoms with Crippen molar-refractivity contribution in [3.63, 3.8) is 0 Å². The summed E-state index contributed by atoms with van der Waals surface area (Å²) < 4.78 is 24.4. The van der Waals surface area contributed by atoms with E-state index >= 15 is 0 Å². The molecule has 2 aliphatic rings. The van der Waals surface area contributed by atoms with Crippen LogP contribution in [0.15, 0.2) is 107 Å². The molecule has 5 rings (SSSR count). The lowest BCUT2D eigenvalue weighted by Gasteiger charge is -2.28. The van der Waals surface area contributed by atoms with Crippen LogP contribution < -0.4 is 5.32 Å². The van der Waals surface area contributed by atoms with Crippen molar-refractivity contribution in [2.24, 2.45) is 0 Å². The Morgan fingerprint density at radius 3 is 2.07 bits per heavy atom. The Bertz CT molecular complexity index is 1590. The maximum atomic E-state index is 13.5. The van der Waals surface area contributed by atoms with Gasteiger partial charge < -0.3 is 14.8 Å². The first-order chi connectivity index (χ1) is 22.0. The second-order valence-electron chi connectivity index (χ2n) is 11.8. The van der Waals surface area contributed by atoms with E-state index in [9.17, 15) is 24.1 Å². The maximum absolute atomic E-state index is 13.5. The van der Waals surface area contributed by atoms with Gasteiger partial charge in [0.15, 0.2) is 0 Å². The van der Waals surface area contributed by atoms with E-state index in [4.69, 9.17) is 9.47 Å². The minimum atomic E-state index is -0.621. The summed E-state index contributed by atoms with van der Waals surface area (Å²) in [5.74, 6) is -0.952. The van der Waals surface area contributed by atoms with Gasteiger partial charge in [-0.1, -0.05) is 60.7 Å². The van der Waals surface area contributed by atoms with Gasteiger partial charge in [-0.25, -0.2) is 14.0 Å². The minimum absolute atomic E-state index is 0.137. The molecular weight excluding hydrogens is 589 g/mol. The molecule has 3 aromatic rings. The fraction of sp³-hybridized carbons (Fsp3) is 0.333. The van der Waals surface area contributed by atoms with Crippen LogP contribution in [0.1, 0.15) is 57.1 Å². The number of nitrogens with one attached hydrogen (secondary N) is 1. The molecule has 10 heteroatoms. The van der Waals surface area contributed by atoms with E-state index in [1.54, 1.807) is 25.1 Å². The molecule has 0 radical (unpaired) electrons. The van der Waals surface area contributed by atoms with E-state index in [2.05, 4.69) is 22.3 Å². The lowest BCUT2D eigenvalue weighted by atomic mass is 9.88. The Kier molecular flexibility index (Phi) is 11.4. The lowest BCUT2D eigenvalue weighted by molar-refractivity contribution is -0.384. The van der Waals surface area contributed by atoms with Crippen LogP contribution in [0.5, 0.6) is 0 Å². The Hall–Kier alpha value is -4.83. The molecular formula is C36H40FN3O6. The summed E-state index contributed by atoms with van der Waals surface area (Å²) in [6, 6.07) is 24.9. The van der Waals surface area contributed by atoms with Crippen LogP contribution >= 0.6 is 0 Å². The van der Waals surface area contributed by atoms with Crippen molar-refractivity contribution in [2.75, 3.05) is 26.7 Å². The zero-order valence-corrected chi connectivity index (χ0v) is 26.6. The first-order valence-electron chi connectivity index (χ1n) is 15.2. The number of nitro groups is 1. The van der Waals surface area contributed by atoms with Gasteiger partial charge in [-0.3, -0.25) is 15.0 Å². The van der Waals surface area contributed by atoms with Crippen molar-refractivity contribution in [3.05, 3.63) is 135 Å². The Balaban J connectivity index is 0.000000459. The van der Waals surface area contributed by atoms with E-state index in [0.29, 0.717) is 29.1 Å². The number of carbonyl (C=O) groups excluding carboxylic acids is 2. The Morgan fingerprint density at radius 2 is 1.50 bits per heavy atom. The van der Waals surface area contributed by atoms with Gasteiger partial charge in [0.05, 0.1) is 23.2 Å². The molecule has 2 aliphatic heterocycles. The number of non-ortho nitro benzene ring substituents is 1. The summed E-state index contributed by atoms with van der Waals surface area (Å²) in [6.45, 7) is 7.84. The van der Waals surface area contributed by atoms with Crippen LogP contribution in [0.2, 0.25) is 0 Å². The summed E-state index contributed by atoms with van der Waals surface area (Å²) in [6.07, 6.45) is 1.77. The van der Waals surface area contributed by atoms with Gasteiger partial charge in [-0.2, -0.15) is 0 Å². The fourth-order valence-electron chi connectivity index (χ4n) is 5.80. The van der Waals surface area contributed by atoms with Gasteiger partial charge in [0.2, 0.25) is 0 Å². The number of allylic oxidation sites excluding steroid dienone is 2. The molecule has 0 amide bonds. The molecule has 0 aliphatic carbocycles. The number of rotatable bonds is 9. The molecule has 1 N–H and O–H groups in total. The van der Waals surface area contributed by atoms with E-state index in [1.807, 2.05) is 44.2 Å². The van der Waals surface area contributed by atoms with Crippen LogP contribution in [-0.4, -0.2) is 54.1 Å². The van der Waals surface area contributed by atoms with Gasteiger partial charge in [0, 0.05) is 55.4 Å². The highest BCUT2D eigenvalue weighted by atomic mass is 19.1. The average Bonchev–Trinajstić information content (AvgIpc) is 3.42. The molecule has 2 atom stereocenters. The van der Waals surface area contributed by atoms with Crippen molar-refractivity contribution in [1.82, 2.24) is 10.2 Å². The number of nitrogens with zero attached hydrogens (tertiary/aromatic N) is 2. The SMILES string of the molecule is COC(=O)C1=C(C)NC(C)=C(C(=O)OC2(C)CCN(CCC(c3ccccc3)c3ccc(F)cc3)C2)C1.O=[N+]([O-])c1ccccc1. The highest BCUT2D eigenvalue weighted by Crippen LogP contribution is 2.33. The molecule has 0 aromatic heterocycles. The minimum Gasteiger partial charge on any atom is -0.466 e. The number of benzene rings is 3. The average molecular weight is 630 g/mol. The molecule has 9 nitrogen and oxygen atoms in total. The molecule has 1 fully saturated rings. The van der Waals surface area contributed by atoms with Crippen molar-refractivity contribution < 1.29 is 28.4 Å². The number of nitro benzene ring substituents is 1. The number of likely N-dealkylation sites (tertiary alicyclic amines) is 1. The largest absolute Gasteiger partial charge is 0.466 e. The Morgan fingerprint density at radius 1 is 0.935 bits per heavy atom. The third kappa shape index (κ3) is 8.88. The molecule has 0 bridgehead atoms. The smallest absolute Gasteiger partial charge is 0.336 e. The third-order valence-corrected chi connectivity index (χ3v) is 8.34. The molecule has 0 spiro atoms. The maximum Gasteiger partial charge on any atom is 0.336 e. The first kappa shape index (κ1) is 34.1. The monoisotopic (exact) mass is 629 g/mol. The zero-order valence-electron chi connectivity index (χ0n) is 26.6. The molecule has 3 aromatic carbocycles. The number of hydrogen-bond acceptors (Lipinski definition) is 8. The summed E-state index contributed by atoms with van der Waals surface area (Å²) in [5.41, 5.74) is 4.06. The molecule has 46 heavy (non-hydrogen) atoms. The van der Waals surface area contributed by atoms with Crippen LogP contribution in [0.4, 0.5) is 10.1 Å². The van der Waals surface area contributed by atoms with Gasteiger partial charge in [-0.05, 0) is 57.0 Å². The van der Waals surface area contributed by atoms with Gasteiger partial charge >= 0.3 is 11.9 Å². The standard InChI is InChI=1S/C30H35FN2O4.C6H5NO2/c1-20-26(28(34)36-4)18-27(21(2)32-20)29(35)37-30(3)15-17-33(19-30)16-14-25(22-8-6-5-7-9-22)23-10-12-24(31)13-11-23;8-7(9)6-4-2-1-3-5-6/h5-13,25,32H,14-19H2,1-4H3;1-5H. The van der Waals surface area contributed by atoms with Crippen LogP contribution in [0, 0.1) is 15.9 Å². The van der Waals surface area contributed by atoms with Crippen molar-refractivity contribution in [3.8, 4) is 0 Å². The summed E-state index contributed by atoms with van der Waals surface area (Å²) in [4.78, 5) is 37.2. The number of hydrogen-bond donors (Lipinski definition) is 1. The van der Waals surface area contributed by atoms with Crippen LogP contribution in [0.3, 0.4) is 0 Å². The second-order valence-corrected chi connectivity index (χ2v) is 11.8. The Labute approximate surface area is 268 Å². The normalized spacial score (nSPS) is 18.6. The second kappa shape index (κ2) is 15.4. The lowest BCUT2D eigenvalue weighted by Crippen LogP contribution is -2.37. The van der Waals surface area contributed by atoms with E-state index in [-0.39, 0.29) is 23.8 Å². The van der Waals surface area contributed by atoms with E-state index in [1.165, 1.54) is 36.9 Å². The quantitative estimate of drug-likeness (QED) is 0.159. The van der Waals surface area contributed by atoms with Crippen LogP contribution in [0.25, 0.3) is 0 Å². The number of dihydropyridines is 1. The number of carbonyl (C=O) groups is 2. The van der Waals surface area contributed by atoms with Crippen molar-refractivity contribution >= 4 is 17.6 Å². The zero-order chi connectivity index (χ0) is 33.3. The molecule has 2 unspecified atom stereocenters.